The first-order valence-corrected chi connectivity index (χ1v) is 3.80. The average Bonchev–Trinajstić information content (AvgIpc) is 2.15. The van der Waals surface area contributed by atoms with Crippen LogP contribution in [0.2, 0.25) is 0 Å². The highest BCUT2D eigenvalue weighted by Gasteiger charge is 2.00. The number of halogens is 1. The van der Waals surface area contributed by atoms with Gasteiger partial charge in [0, 0.05) is 5.56 Å². The minimum absolute atomic E-state index is 0.221. The Kier molecular flexibility index (Phi) is 3.30. The number of rotatable bonds is 1. The van der Waals surface area contributed by atoms with Gasteiger partial charge in [-0.15, -0.1) is 0 Å². The molecule has 0 aliphatic heterocycles. The van der Waals surface area contributed by atoms with E-state index < -0.39 is 5.82 Å². The SMILES string of the molecule is COc1ccc(C#CCN)cc1F. The van der Waals surface area contributed by atoms with E-state index in [2.05, 4.69) is 11.8 Å². The second-order valence-corrected chi connectivity index (χ2v) is 2.36. The van der Waals surface area contributed by atoms with Crippen LogP contribution in [0, 0.1) is 17.7 Å². The van der Waals surface area contributed by atoms with Crippen LogP contribution in [0.1, 0.15) is 5.56 Å². The Balaban J connectivity index is 2.96. The van der Waals surface area contributed by atoms with Crippen LogP contribution < -0.4 is 10.5 Å². The van der Waals surface area contributed by atoms with Crippen molar-refractivity contribution in [3.63, 3.8) is 0 Å². The highest BCUT2D eigenvalue weighted by atomic mass is 19.1. The first-order chi connectivity index (χ1) is 6.27. The number of hydrogen-bond donors (Lipinski definition) is 1. The van der Waals surface area contributed by atoms with Crippen molar-refractivity contribution >= 4 is 0 Å². The van der Waals surface area contributed by atoms with Gasteiger partial charge in [0.2, 0.25) is 0 Å². The highest BCUT2D eigenvalue weighted by molar-refractivity contribution is 5.39. The Morgan fingerprint density at radius 1 is 1.54 bits per heavy atom. The molecule has 0 amide bonds. The molecule has 1 aromatic carbocycles. The van der Waals surface area contributed by atoms with E-state index in [0.717, 1.165) is 0 Å². The van der Waals surface area contributed by atoms with Crippen molar-refractivity contribution in [1.82, 2.24) is 0 Å². The zero-order chi connectivity index (χ0) is 9.68. The molecule has 13 heavy (non-hydrogen) atoms. The summed E-state index contributed by atoms with van der Waals surface area (Å²) >= 11 is 0. The predicted molar refractivity (Wildman–Crippen MR) is 48.9 cm³/mol. The lowest BCUT2D eigenvalue weighted by atomic mass is 10.2. The van der Waals surface area contributed by atoms with E-state index in [-0.39, 0.29) is 12.3 Å². The van der Waals surface area contributed by atoms with E-state index in [9.17, 15) is 4.39 Å². The van der Waals surface area contributed by atoms with E-state index in [4.69, 9.17) is 10.5 Å². The maximum Gasteiger partial charge on any atom is 0.166 e. The van der Waals surface area contributed by atoms with Crippen molar-refractivity contribution in [3.05, 3.63) is 29.6 Å². The molecule has 0 atom stereocenters. The molecule has 1 aromatic rings. The molecule has 0 saturated carbocycles. The molecule has 0 saturated heterocycles. The molecule has 68 valence electrons. The molecule has 0 heterocycles. The molecule has 0 radical (unpaired) electrons. The summed E-state index contributed by atoms with van der Waals surface area (Å²) in [6.45, 7) is 0.271. The van der Waals surface area contributed by atoms with E-state index in [0.29, 0.717) is 5.56 Å². The Labute approximate surface area is 76.5 Å². The van der Waals surface area contributed by atoms with Crippen LogP contribution in [-0.2, 0) is 0 Å². The van der Waals surface area contributed by atoms with Gasteiger partial charge in [-0.1, -0.05) is 11.8 Å². The fourth-order valence-electron chi connectivity index (χ4n) is 0.897. The van der Waals surface area contributed by atoms with Gasteiger partial charge in [0.25, 0.3) is 0 Å². The van der Waals surface area contributed by atoms with Gasteiger partial charge in [0.05, 0.1) is 13.7 Å². The lowest BCUT2D eigenvalue weighted by Gasteiger charge is -2.00. The molecular weight excluding hydrogens is 169 g/mol. The number of hydrogen-bond acceptors (Lipinski definition) is 2. The Hall–Kier alpha value is -1.53. The molecule has 0 bridgehead atoms. The molecule has 0 aliphatic rings. The van der Waals surface area contributed by atoms with Gasteiger partial charge in [-0.3, -0.25) is 0 Å². The summed E-state index contributed by atoms with van der Waals surface area (Å²) in [5.74, 6) is 5.18. The van der Waals surface area contributed by atoms with Crippen LogP contribution in [-0.4, -0.2) is 13.7 Å². The van der Waals surface area contributed by atoms with Gasteiger partial charge in [-0.2, -0.15) is 0 Å². The summed E-state index contributed by atoms with van der Waals surface area (Å²) in [5.41, 5.74) is 5.78. The third-order valence-electron chi connectivity index (χ3n) is 1.49. The summed E-state index contributed by atoms with van der Waals surface area (Å²) < 4.78 is 17.8. The average molecular weight is 179 g/mol. The van der Waals surface area contributed by atoms with Crippen molar-refractivity contribution in [1.29, 1.82) is 0 Å². The van der Waals surface area contributed by atoms with Crippen molar-refractivity contribution in [2.75, 3.05) is 13.7 Å². The van der Waals surface area contributed by atoms with Crippen LogP contribution >= 0.6 is 0 Å². The van der Waals surface area contributed by atoms with E-state index in [1.807, 2.05) is 0 Å². The van der Waals surface area contributed by atoms with Crippen LogP contribution in [0.25, 0.3) is 0 Å². The number of benzene rings is 1. The van der Waals surface area contributed by atoms with Crippen molar-refractivity contribution < 1.29 is 9.13 Å². The summed E-state index contributed by atoms with van der Waals surface area (Å²) in [5, 5.41) is 0. The molecule has 2 N–H and O–H groups in total. The third kappa shape index (κ3) is 2.46. The smallest absolute Gasteiger partial charge is 0.166 e. The summed E-state index contributed by atoms with van der Waals surface area (Å²) in [6.07, 6.45) is 0. The monoisotopic (exact) mass is 179 g/mol. The fourth-order valence-corrected chi connectivity index (χ4v) is 0.897. The Bertz CT molecular complexity index is 352. The molecule has 0 unspecified atom stereocenters. The van der Waals surface area contributed by atoms with Crippen molar-refractivity contribution in [2.24, 2.45) is 5.73 Å². The quantitative estimate of drug-likeness (QED) is 0.656. The second-order valence-electron chi connectivity index (χ2n) is 2.36. The minimum atomic E-state index is -0.411. The summed E-state index contributed by atoms with van der Waals surface area (Å²) in [6, 6.07) is 4.54. The molecule has 0 fully saturated rings. The van der Waals surface area contributed by atoms with E-state index in [1.54, 1.807) is 6.07 Å². The van der Waals surface area contributed by atoms with Gasteiger partial charge in [0.15, 0.2) is 11.6 Å². The van der Waals surface area contributed by atoms with Gasteiger partial charge >= 0.3 is 0 Å². The zero-order valence-electron chi connectivity index (χ0n) is 7.30. The van der Waals surface area contributed by atoms with E-state index >= 15 is 0 Å². The molecule has 1 rings (SSSR count). The normalized spacial score (nSPS) is 8.85. The topological polar surface area (TPSA) is 35.2 Å². The highest BCUT2D eigenvalue weighted by Crippen LogP contribution is 2.16. The zero-order valence-corrected chi connectivity index (χ0v) is 7.30. The summed E-state index contributed by atoms with van der Waals surface area (Å²) in [7, 11) is 1.42. The Morgan fingerprint density at radius 3 is 2.85 bits per heavy atom. The fraction of sp³-hybridized carbons (Fsp3) is 0.200. The minimum Gasteiger partial charge on any atom is -0.494 e. The van der Waals surface area contributed by atoms with Gasteiger partial charge in [-0.05, 0) is 18.2 Å². The van der Waals surface area contributed by atoms with E-state index in [1.165, 1.54) is 19.2 Å². The third-order valence-corrected chi connectivity index (χ3v) is 1.49. The number of methoxy groups -OCH3 is 1. The summed E-state index contributed by atoms with van der Waals surface area (Å²) in [4.78, 5) is 0. The van der Waals surface area contributed by atoms with Crippen molar-refractivity contribution in [3.8, 4) is 17.6 Å². The first kappa shape index (κ1) is 9.56. The maximum absolute atomic E-state index is 13.1. The molecule has 2 nitrogen and oxygen atoms in total. The first-order valence-electron chi connectivity index (χ1n) is 3.80. The predicted octanol–water partition coefficient (Wildman–Crippen LogP) is 1.14. The Morgan fingerprint density at radius 2 is 2.31 bits per heavy atom. The molecule has 0 spiro atoms. The van der Waals surface area contributed by atoms with Gasteiger partial charge in [0.1, 0.15) is 0 Å². The van der Waals surface area contributed by atoms with Crippen LogP contribution in [0.3, 0.4) is 0 Å². The number of ether oxygens (including phenoxy) is 1. The largest absolute Gasteiger partial charge is 0.494 e. The molecular formula is C10H10FNO. The standard InChI is InChI=1S/C10H10FNO/c1-13-10-5-4-8(3-2-6-12)7-9(10)11/h4-5,7H,6,12H2,1H3. The molecule has 0 aliphatic carbocycles. The lowest BCUT2D eigenvalue weighted by Crippen LogP contribution is -1.93. The molecule has 3 heteroatoms. The second kappa shape index (κ2) is 4.48. The maximum atomic E-state index is 13.1. The van der Waals surface area contributed by atoms with Crippen LogP contribution in [0.4, 0.5) is 4.39 Å². The number of nitrogens with two attached hydrogens (primary N) is 1. The lowest BCUT2D eigenvalue weighted by molar-refractivity contribution is 0.386. The molecule has 0 aromatic heterocycles. The van der Waals surface area contributed by atoms with Gasteiger partial charge in [-0.25, -0.2) is 4.39 Å². The van der Waals surface area contributed by atoms with Gasteiger partial charge < -0.3 is 10.5 Å². The van der Waals surface area contributed by atoms with Crippen LogP contribution in [0.5, 0.6) is 5.75 Å². The van der Waals surface area contributed by atoms with Crippen LogP contribution in [0.15, 0.2) is 18.2 Å². The van der Waals surface area contributed by atoms with Crippen molar-refractivity contribution in [2.45, 2.75) is 0 Å².